The number of aromatic amines is 1. The molecule has 0 radical (unpaired) electrons. The maximum Gasteiger partial charge on any atom is 0.262 e. The third-order valence-electron chi connectivity index (χ3n) is 4.21. The van der Waals surface area contributed by atoms with Crippen LogP contribution in [0.4, 0.5) is 4.39 Å². The summed E-state index contributed by atoms with van der Waals surface area (Å²) in [5, 5.41) is 2.92. The molecule has 0 bridgehead atoms. The Hall–Kier alpha value is -3.00. The van der Waals surface area contributed by atoms with E-state index in [2.05, 4.69) is 15.3 Å². The number of aryl methyl sites for hydroxylation is 1. The molecule has 0 saturated carbocycles. The van der Waals surface area contributed by atoms with E-state index in [-0.39, 0.29) is 35.1 Å². The zero-order valence-electron chi connectivity index (χ0n) is 14.7. The highest BCUT2D eigenvalue weighted by Crippen LogP contribution is 2.22. The number of furan rings is 1. The lowest BCUT2D eigenvalue weighted by Crippen LogP contribution is -2.35. The summed E-state index contributed by atoms with van der Waals surface area (Å²) < 4.78 is 18.9. The Balaban J connectivity index is 1.86. The van der Waals surface area contributed by atoms with E-state index in [0.717, 1.165) is 5.56 Å². The van der Waals surface area contributed by atoms with Crippen molar-refractivity contribution in [2.24, 2.45) is 0 Å². The lowest BCUT2D eigenvalue weighted by atomic mass is 10.1. The predicted octanol–water partition coefficient (Wildman–Crippen LogP) is 2.00. The highest BCUT2D eigenvalue weighted by molar-refractivity contribution is 6.06. The Morgan fingerprint density at radius 2 is 2.19 bits per heavy atom. The number of benzene rings is 1. The second-order valence-corrected chi connectivity index (χ2v) is 6.19. The molecule has 0 spiro atoms. The van der Waals surface area contributed by atoms with Gasteiger partial charge in [0.15, 0.2) is 0 Å². The SMILES string of the molecule is Cc1oc2nc[nH]c(=O)c2c1C(=O)NCC(c1cccc(F)c1)N(C)C. The molecule has 0 aliphatic rings. The third kappa shape index (κ3) is 3.36. The first kappa shape index (κ1) is 17.8. The molecular formula is C18H19FN4O3. The van der Waals surface area contributed by atoms with Crippen LogP contribution in [0.15, 0.2) is 39.8 Å². The van der Waals surface area contributed by atoms with Gasteiger partial charge < -0.3 is 19.6 Å². The summed E-state index contributed by atoms with van der Waals surface area (Å²) >= 11 is 0. The minimum absolute atomic E-state index is 0.116. The second-order valence-electron chi connectivity index (χ2n) is 6.19. The van der Waals surface area contributed by atoms with Crippen molar-refractivity contribution in [2.75, 3.05) is 20.6 Å². The van der Waals surface area contributed by atoms with E-state index in [4.69, 9.17) is 4.42 Å². The molecule has 1 unspecified atom stereocenters. The Morgan fingerprint density at radius 3 is 2.88 bits per heavy atom. The summed E-state index contributed by atoms with van der Waals surface area (Å²) in [7, 11) is 3.68. The molecule has 2 aromatic heterocycles. The van der Waals surface area contributed by atoms with Gasteiger partial charge in [-0.2, -0.15) is 0 Å². The summed E-state index contributed by atoms with van der Waals surface area (Å²) in [6.07, 6.45) is 1.22. The standard InChI is InChI=1S/C18H19FN4O3/c1-10-14(15-17(25)21-9-22-18(15)26-10)16(24)20-8-13(23(2)3)11-5-4-6-12(19)7-11/h4-7,9,13H,8H2,1-3H3,(H,20,24)(H,21,22,25). The van der Waals surface area contributed by atoms with Gasteiger partial charge in [0.05, 0.1) is 17.9 Å². The van der Waals surface area contributed by atoms with Crippen LogP contribution in [0, 0.1) is 12.7 Å². The number of halogens is 1. The average molecular weight is 358 g/mol. The number of amides is 1. The molecule has 1 amide bonds. The van der Waals surface area contributed by atoms with Crippen LogP contribution >= 0.6 is 0 Å². The zero-order valence-corrected chi connectivity index (χ0v) is 14.7. The molecule has 26 heavy (non-hydrogen) atoms. The largest absolute Gasteiger partial charge is 0.442 e. The molecule has 1 atom stereocenters. The van der Waals surface area contributed by atoms with Gasteiger partial charge >= 0.3 is 0 Å². The minimum Gasteiger partial charge on any atom is -0.442 e. The van der Waals surface area contributed by atoms with Gasteiger partial charge in [0.1, 0.15) is 17.0 Å². The first-order chi connectivity index (χ1) is 12.4. The van der Waals surface area contributed by atoms with Gasteiger partial charge in [-0.15, -0.1) is 0 Å². The molecule has 0 saturated heterocycles. The number of hydrogen-bond donors (Lipinski definition) is 2. The van der Waals surface area contributed by atoms with Crippen LogP contribution in [0.5, 0.6) is 0 Å². The van der Waals surface area contributed by atoms with E-state index in [9.17, 15) is 14.0 Å². The first-order valence-electron chi connectivity index (χ1n) is 8.05. The minimum atomic E-state index is -0.442. The van der Waals surface area contributed by atoms with Crippen LogP contribution in [-0.2, 0) is 0 Å². The number of fused-ring (bicyclic) bond motifs is 1. The smallest absolute Gasteiger partial charge is 0.262 e. The molecular weight excluding hydrogens is 339 g/mol. The van der Waals surface area contributed by atoms with E-state index in [1.807, 2.05) is 19.0 Å². The number of rotatable bonds is 5. The summed E-state index contributed by atoms with van der Waals surface area (Å²) in [5.74, 6) is -0.466. The quantitative estimate of drug-likeness (QED) is 0.728. The molecule has 3 rings (SSSR count). The van der Waals surface area contributed by atoms with Gasteiger partial charge in [-0.05, 0) is 38.7 Å². The van der Waals surface area contributed by atoms with Crippen LogP contribution in [0.25, 0.3) is 11.1 Å². The normalized spacial score (nSPS) is 12.5. The Bertz CT molecular complexity index is 1010. The molecule has 3 aromatic rings. The van der Waals surface area contributed by atoms with Crippen molar-refractivity contribution in [2.45, 2.75) is 13.0 Å². The molecule has 8 heteroatoms. The summed E-state index contributed by atoms with van der Waals surface area (Å²) in [6.45, 7) is 1.84. The molecule has 2 heterocycles. The van der Waals surface area contributed by atoms with Crippen molar-refractivity contribution in [3.05, 3.63) is 63.7 Å². The van der Waals surface area contributed by atoms with Crippen LogP contribution in [-0.4, -0.2) is 41.4 Å². The molecule has 7 nitrogen and oxygen atoms in total. The van der Waals surface area contributed by atoms with E-state index < -0.39 is 11.5 Å². The van der Waals surface area contributed by atoms with Crippen molar-refractivity contribution in [3.8, 4) is 0 Å². The lowest BCUT2D eigenvalue weighted by Gasteiger charge is -2.25. The summed E-state index contributed by atoms with van der Waals surface area (Å²) in [6, 6.07) is 6.00. The fraction of sp³-hybridized carbons (Fsp3) is 0.278. The van der Waals surface area contributed by atoms with Crippen LogP contribution in [0.2, 0.25) is 0 Å². The fourth-order valence-electron chi connectivity index (χ4n) is 2.92. The van der Waals surface area contributed by atoms with Crippen molar-refractivity contribution in [1.29, 1.82) is 0 Å². The molecule has 0 fully saturated rings. The molecule has 1 aromatic carbocycles. The van der Waals surface area contributed by atoms with Crippen molar-refractivity contribution < 1.29 is 13.6 Å². The Labute approximate surface area is 148 Å². The highest BCUT2D eigenvalue weighted by atomic mass is 19.1. The van der Waals surface area contributed by atoms with Crippen LogP contribution in [0.3, 0.4) is 0 Å². The number of likely N-dealkylation sites (N-methyl/N-ethyl adjacent to an activating group) is 1. The number of nitrogens with zero attached hydrogens (tertiary/aromatic N) is 2. The van der Waals surface area contributed by atoms with Crippen LogP contribution < -0.4 is 10.9 Å². The van der Waals surface area contributed by atoms with E-state index in [1.54, 1.807) is 19.1 Å². The van der Waals surface area contributed by atoms with Gasteiger partial charge in [-0.25, -0.2) is 9.37 Å². The summed E-state index contributed by atoms with van der Waals surface area (Å²) in [4.78, 5) is 33.0. The Kier molecular flexibility index (Phi) is 4.85. The molecule has 2 N–H and O–H groups in total. The van der Waals surface area contributed by atoms with Gasteiger partial charge in [-0.1, -0.05) is 12.1 Å². The summed E-state index contributed by atoms with van der Waals surface area (Å²) in [5.41, 5.74) is 0.576. The predicted molar refractivity (Wildman–Crippen MR) is 94.5 cm³/mol. The second kappa shape index (κ2) is 7.09. The van der Waals surface area contributed by atoms with Gasteiger partial charge in [0.2, 0.25) is 5.71 Å². The third-order valence-corrected chi connectivity index (χ3v) is 4.21. The Morgan fingerprint density at radius 1 is 1.42 bits per heavy atom. The van der Waals surface area contributed by atoms with E-state index in [1.165, 1.54) is 18.5 Å². The fourth-order valence-corrected chi connectivity index (χ4v) is 2.92. The van der Waals surface area contributed by atoms with Gasteiger partial charge in [0, 0.05) is 6.54 Å². The number of H-pyrrole nitrogens is 1. The van der Waals surface area contributed by atoms with Gasteiger partial charge in [-0.3, -0.25) is 9.59 Å². The number of nitrogens with one attached hydrogen (secondary N) is 2. The number of hydrogen-bond acceptors (Lipinski definition) is 5. The molecule has 0 aliphatic heterocycles. The van der Waals surface area contributed by atoms with Crippen molar-refractivity contribution in [1.82, 2.24) is 20.2 Å². The van der Waals surface area contributed by atoms with Gasteiger partial charge in [0.25, 0.3) is 11.5 Å². The highest BCUT2D eigenvalue weighted by Gasteiger charge is 2.23. The average Bonchev–Trinajstić information content (AvgIpc) is 2.92. The lowest BCUT2D eigenvalue weighted by molar-refractivity contribution is 0.0941. The van der Waals surface area contributed by atoms with E-state index in [0.29, 0.717) is 5.76 Å². The maximum absolute atomic E-state index is 13.5. The molecule has 136 valence electrons. The van der Waals surface area contributed by atoms with E-state index >= 15 is 0 Å². The number of carbonyl (C=O) groups excluding carboxylic acids is 1. The zero-order chi connectivity index (χ0) is 18.8. The van der Waals surface area contributed by atoms with Crippen molar-refractivity contribution >= 4 is 17.0 Å². The van der Waals surface area contributed by atoms with Crippen molar-refractivity contribution in [3.63, 3.8) is 0 Å². The topological polar surface area (TPSA) is 91.2 Å². The maximum atomic E-state index is 13.5. The number of aromatic nitrogens is 2. The van der Waals surface area contributed by atoms with Crippen LogP contribution in [0.1, 0.15) is 27.7 Å². The first-order valence-corrected chi connectivity index (χ1v) is 8.05. The monoisotopic (exact) mass is 358 g/mol. The number of carbonyl (C=O) groups is 1. The molecule has 0 aliphatic carbocycles.